The number of benzene rings is 1. The molecule has 4 aliphatic carbocycles. The highest BCUT2D eigenvalue weighted by Gasteiger charge is 2.51. The molecule has 2 heterocycles. The van der Waals surface area contributed by atoms with Crippen molar-refractivity contribution in [1.82, 2.24) is 14.7 Å². The second-order valence-electron chi connectivity index (χ2n) is 10.4. The molecule has 4 fully saturated rings. The van der Waals surface area contributed by atoms with Crippen LogP contribution in [0.1, 0.15) is 49.0 Å². The number of carbonyl (C=O) groups excluding carboxylic acids is 1. The van der Waals surface area contributed by atoms with Gasteiger partial charge in [-0.05, 0) is 86.6 Å². The fourth-order valence-electron chi connectivity index (χ4n) is 6.66. The minimum Gasteiger partial charge on any atom is -0.475 e. The molecule has 0 spiro atoms. The summed E-state index contributed by atoms with van der Waals surface area (Å²) in [6.45, 7) is 0. The van der Waals surface area contributed by atoms with Crippen molar-refractivity contribution in [2.75, 3.05) is 0 Å². The van der Waals surface area contributed by atoms with E-state index >= 15 is 0 Å². The highest BCUT2D eigenvalue weighted by atomic mass is 35.5. The second kappa shape index (κ2) is 9.51. The molecule has 4 bridgehead atoms. The number of rotatable bonds is 3. The van der Waals surface area contributed by atoms with E-state index in [1.165, 1.54) is 19.3 Å². The standard InChI is InChI=1S/C24H23Cl2N3O.C2HF3O2/c25-18-8-17(9-19(26)10-18)22-27-21(20-3-1-2-4-29(20)22)23(30)28-24-11-14-5-15(12-24)7-16(6-14)13-24;3-2(4,5)1(6)7/h1-4,8-10,14-16H,5-7,11-13H2,(H,28,30);(H,6,7). The first-order chi connectivity index (χ1) is 17.4. The summed E-state index contributed by atoms with van der Waals surface area (Å²) in [5, 5.41) is 11.7. The summed E-state index contributed by atoms with van der Waals surface area (Å²) in [5.74, 6) is 0.177. The molecule has 4 aliphatic rings. The highest BCUT2D eigenvalue weighted by molar-refractivity contribution is 6.35. The Hall–Kier alpha value is -2.78. The number of carbonyl (C=O) groups is 2. The van der Waals surface area contributed by atoms with Gasteiger partial charge in [0.25, 0.3) is 5.91 Å². The van der Waals surface area contributed by atoms with E-state index in [9.17, 15) is 18.0 Å². The molecule has 1 aromatic carbocycles. The zero-order valence-corrected chi connectivity index (χ0v) is 21.1. The number of fused-ring (bicyclic) bond motifs is 1. The number of imidazole rings is 1. The third-order valence-corrected chi connectivity index (χ3v) is 7.98. The maximum Gasteiger partial charge on any atom is 0.490 e. The van der Waals surface area contributed by atoms with Crippen molar-refractivity contribution in [3.8, 4) is 11.4 Å². The summed E-state index contributed by atoms with van der Waals surface area (Å²) < 4.78 is 33.7. The molecule has 6 nitrogen and oxygen atoms in total. The van der Waals surface area contributed by atoms with Crippen LogP contribution in [0.15, 0.2) is 42.6 Å². The van der Waals surface area contributed by atoms with Gasteiger partial charge in [0.1, 0.15) is 5.82 Å². The van der Waals surface area contributed by atoms with E-state index in [0.29, 0.717) is 21.6 Å². The van der Waals surface area contributed by atoms with Gasteiger partial charge in [0.2, 0.25) is 0 Å². The molecule has 0 radical (unpaired) electrons. The Balaban J connectivity index is 0.000000355. The first-order valence-corrected chi connectivity index (χ1v) is 12.7. The number of nitrogens with one attached hydrogen (secondary N) is 1. The van der Waals surface area contributed by atoms with Gasteiger partial charge in [-0.1, -0.05) is 29.3 Å². The van der Waals surface area contributed by atoms with Crippen molar-refractivity contribution < 1.29 is 27.9 Å². The quantitative estimate of drug-likeness (QED) is 0.380. The predicted molar refractivity (Wildman–Crippen MR) is 133 cm³/mol. The summed E-state index contributed by atoms with van der Waals surface area (Å²) in [4.78, 5) is 27.2. The molecular formula is C26H24Cl2F3N3O3. The average molecular weight is 554 g/mol. The Kier molecular flexibility index (Phi) is 6.64. The summed E-state index contributed by atoms with van der Waals surface area (Å²) in [5.41, 5.74) is 2.02. The number of carboxylic acid groups (broad SMARTS) is 1. The molecule has 4 saturated carbocycles. The number of aliphatic carboxylic acids is 1. The lowest BCUT2D eigenvalue weighted by molar-refractivity contribution is -0.192. The number of amides is 1. The predicted octanol–water partition coefficient (Wildman–Crippen LogP) is 6.64. The Bertz CT molecular complexity index is 1320. The first-order valence-electron chi connectivity index (χ1n) is 12.0. The molecule has 196 valence electrons. The van der Waals surface area contributed by atoms with Crippen LogP contribution in [0, 0.1) is 17.8 Å². The molecule has 0 unspecified atom stereocenters. The third-order valence-electron chi connectivity index (χ3n) is 7.54. The Morgan fingerprint density at radius 1 is 1.00 bits per heavy atom. The van der Waals surface area contributed by atoms with E-state index in [2.05, 4.69) is 5.32 Å². The van der Waals surface area contributed by atoms with E-state index in [1.54, 1.807) is 6.07 Å². The highest BCUT2D eigenvalue weighted by Crippen LogP contribution is 2.55. The minimum absolute atomic E-state index is 0.0456. The zero-order valence-electron chi connectivity index (χ0n) is 19.6. The molecule has 7 rings (SSSR count). The van der Waals surface area contributed by atoms with Crippen LogP contribution < -0.4 is 5.32 Å². The van der Waals surface area contributed by atoms with Gasteiger partial charge < -0.3 is 10.4 Å². The molecule has 2 aromatic heterocycles. The monoisotopic (exact) mass is 553 g/mol. The van der Waals surface area contributed by atoms with Gasteiger partial charge in [0, 0.05) is 27.3 Å². The molecule has 0 atom stereocenters. The number of carboxylic acids is 1. The first kappa shape index (κ1) is 25.9. The maximum absolute atomic E-state index is 13.5. The molecule has 0 aliphatic heterocycles. The van der Waals surface area contributed by atoms with Crippen molar-refractivity contribution in [1.29, 1.82) is 0 Å². The van der Waals surface area contributed by atoms with Gasteiger partial charge in [-0.15, -0.1) is 0 Å². The number of hydrogen-bond acceptors (Lipinski definition) is 3. The number of alkyl halides is 3. The van der Waals surface area contributed by atoms with Crippen molar-refractivity contribution in [3.05, 3.63) is 58.3 Å². The smallest absolute Gasteiger partial charge is 0.475 e. The van der Waals surface area contributed by atoms with Gasteiger partial charge in [-0.2, -0.15) is 13.2 Å². The van der Waals surface area contributed by atoms with Crippen molar-refractivity contribution in [2.24, 2.45) is 17.8 Å². The van der Waals surface area contributed by atoms with Crippen LogP contribution in [-0.4, -0.2) is 38.1 Å². The van der Waals surface area contributed by atoms with Gasteiger partial charge in [0.05, 0.1) is 5.52 Å². The normalized spacial score (nSPS) is 26.0. The Morgan fingerprint density at radius 3 is 2.05 bits per heavy atom. The van der Waals surface area contributed by atoms with E-state index in [4.69, 9.17) is 38.1 Å². The Morgan fingerprint density at radius 2 is 1.54 bits per heavy atom. The fraction of sp³-hybridized carbons (Fsp3) is 0.423. The van der Waals surface area contributed by atoms with Gasteiger partial charge in [0.15, 0.2) is 5.69 Å². The fourth-order valence-corrected chi connectivity index (χ4v) is 7.18. The van der Waals surface area contributed by atoms with Crippen LogP contribution in [0.5, 0.6) is 0 Å². The molecule has 3 aromatic rings. The van der Waals surface area contributed by atoms with E-state index in [-0.39, 0.29) is 11.4 Å². The SMILES string of the molecule is O=C(NC12CC3CC(CC(C3)C1)C2)c1nc(-c2cc(Cl)cc(Cl)c2)n2ccccc12.O=C(O)C(F)(F)F. The molecular weight excluding hydrogens is 530 g/mol. The Labute approximate surface area is 220 Å². The van der Waals surface area contributed by atoms with Crippen LogP contribution in [0.4, 0.5) is 13.2 Å². The molecule has 2 N–H and O–H groups in total. The maximum atomic E-state index is 13.5. The van der Waals surface area contributed by atoms with Gasteiger partial charge in [-0.25, -0.2) is 9.78 Å². The van der Waals surface area contributed by atoms with Crippen LogP contribution in [0.25, 0.3) is 16.9 Å². The van der Waals surface area contributed by atoms with Crippen LogP contribution in [0.2, 0.25) is 10.0 Å². The number of aromatic nitrogens is 2. The molecule has 1 amide bonds. The second-order valence-corrected chi connectivity index (χ2v) is 11.2. The van der Waals surface area contributed by atoms with E-state index < -0.39 is 12.1 Å². The van der Waals surface area contributed by atoms with Crippen LogP contribution in [0.3, 0.4) is 0 Å². The number of nitrogens with zero attached hydrogens (tertiary/aromatic N) is 2. The molecule has 0 saturated heterocycles. The topological polar surface area (TPSA) is 83.7 Å². The van der Waals surface area contributed by atoms with E-state index in [1.807, 2.05) is 40.9 Å². The minimum atomic E-state index is -5.08. The lowest BCUT2D eigenvalue weighted by Gasteiger charge is -2.56. The number of hydrogen-bond donors (Lipinski definition) is 2. The van der Waals surface area contributed by atoms with Crippen molar-refractivity contribution >= 4 is 40.6 Å². The third kappa shape index (κ3) is 5.29. The summed E-state index contributed by atoms with van der Waals surface area (Å²) in [6, 6.07) is 11.2. The van der Waals surface area contributed by atoms with Crippen molar-refractivity contribution in [3.63, 3.8) is 0 Å². The summed E-state index contributed by atoms with van der Waals surface area (Å²) in [6.07, 6.45) is 4.24. The lowest BCUT2D eigenvalue weighted by atomic mass is 9.53. The largest absolute Gasteiger partial charge is 0.490 e. The summed E-state index contributed by atoms with van der Waals surface area (Å²) in [7, 11) is 0. The molecule has 37 heavy (non-hydrogen) atoms. The molecule has 11 heteroatoms. The van der Waals surface area contributed by atoms with Crippen LogP contribution in [-0.2, 0) is 4.79 Å². The van der Waals surface area contributed by atoms with Crippen LogP contribution >= 0.6 is 23.2 Å². The number of pyridine rings is 1. The lowest BCUT2D eigenvalue weighted by Crippen LogP contribution is -2.59. The van der Waals surface area contributed by atoms with Crippen molar-refractivity contribution in [2.45, 2.75) is 50.2 Å². The summed E-state index contributed by atoms with van der Waals surface area (Å²) >= 11 is 12.4. The zero-order chi connectivity index (χ0) is 26.5. The number of halogens is 5. The average Bonchev–Trinajstić information content (AvgIpc) is 3.17. The van der Waals surface area contributed by atoms with Gasteiger partial charge in [-0.3, -0.25) is 9.20 Å². The van der Waals surface area contributed by atoms with E-state index in [0.717, 1.165) is 48.1 Å². The van der Waals surface area contributed by atoms with Gasteiger partial charge >= 0.3 is 12.1 Å².